The Kier molecular flexibility index (Phi) is 4.31. The summed E-state index contributed by atoms with van der Waals surface area (Å²) in [5, 5.41) is 18.5. The number of phenolic OH excluding ortho intramolecular Hbond substituents is 1. The van der Waals surface area contributed by atoms with Gasteiger partial charge in [0, 0.05) is 12.6 Å². The van der Waals surface area contributed by atoms with Gasteiger partial charge in [0.2, 0.25) is 0 Å². The number of amides is 1. The molecule has 1 aromatic rings. The first-order valence-electron chi connectivity index (χ1n) is 5.68. The van der Waals surface area contributed by atoms with E-state index in [2.05, 4.69) is 0 Å². The van der Waals surface area contributed by atoms with Gasteiger partial charge in [-0.05, 0) is 31.0 Å². The fraction of sp³-hybridized carbons (Fsp3) is 0.385. The SMILES string of the molecule is CCC(C(=O)O)N(C)C(=O)c1ccc(C)c(O)c1. The molecule has 1 rings (SSSR count). The quantitative estimate of drug-likeness (QED) is 0.852. The number of hydrogen-bond acceptors (Lipinski definition) is 3. The topological polar surface area (TPSA) is 77.8 Å². The smallest absolute Gasteiger partial charge is 0.326 e. The van der Waals surface area contributed by atoms with Gasteiger partial charge in [-0.25, -0.2) is 4.79 Å². The second-order valence-corrected chi connectivity index (χ2v) is 4.18. The number of carboxylic acid groups (broad SMARTS) is 1. The van der Waals surface area contributed by atoms with Gasteiger partial charge in [-0.2, -0.15) is 0 Å². The second-order valence-electron chi connectivity index (χ2n) is 4.18. The first kappa shape index (κ1) is 14.0. The highest BCUT2D eigenvalue weighted by atomic mass is 16.4. The van der Waals surface area contributed by atoms with Crippen LogP contribution in [-0.4, -0.2) is 40.1 Å². The maximum absolute atomic E-state index is 12.1. The zero-order valence-electron chi connectivity index (χ0n) is 10.7. The molecular weight excluding hydrogens is 234 g/mol. The lowest BCUT2D eigenvalue weighted by Crippen LogP contribution is -2.41. The third kappa shape index (κ3) is 2.80. The molecule has 1 unspecified atom stereocenters. The van der Waals surface area contributed by atoms with E-state index < -0.39 is 17.9 Å². The minimum atomic E-state index is -1.04. The lowest BCUT2D eigenvalue weighted by Gasteiger charge is -2.23. The molecule has 0 heterocycles. The Labute approximate surface area is 106 Å². The summed E-state index contributed by atoms with van der Waals surface area (Å²) < 4.78 is 0. The number of nitrogens with zero attached hydrogens (tertiary/aromatic N) is 1. The predicted octanol–water partition coefficient (Wildman–Crippen LogP) is 1.64. The molecule has 1 aromatic carbocycles. The summed E-state index contributed by atoms with van der Waals surface area (Å²) >= 11 is 0. The van der Waals surface area contributed by atoms with E-state index in [1.54, 1.807) is 26.0 Å². The van der Waals surface area contributed by atoms with Gasteiger partial charge in [0.05, 0.1) is 0 Å². The van der Waals surface area contributed by atoms with Gasteiger partial charge in [0.15, 0.2) is 0 Å². The van der Waals surface area contributed by atoms with E-state index in [9.17, 15) is 14.7 Å². The largest absolute Gasteiger partial charge is 0.508 e. The molecule has 0 aromatic heterocycles. The minimum absolute atomic E-state index is 0.0256. The Balaban J connectivity index is 2.99. The van der Waals surface area contributed by atoms with Crippen LogP contribution in [0.4, 0.5) is 0 Å². The van der Waals surface area contributed by atoms with Crippen molar-refractivity contribution in [2.45, 2.75) is 26.3 Å². The fourth-order valence-corrected chi connectivity index (χ4v) is 1.70. The zero-order valence-corrected chi connectivity index (χ0v) is 10.7. The monoisotopic (exact) mass is 251 g/mol. The van der Waals surface area contributed by atoms with E-state index in [1.165, 1.54) is 18.0 Å². The van der Waals surface area contributed by atoms with Crippen LogP contribution in [0.1, 0.15) is 29.3 Å². The molecule has 98 valence electrons. The van der Waals surface area contributed by atoms with E-state index >= 15 is 0 Å². The van der Waals surface area contributed by atoms with E-state index in [0.29, 0.717) is 12.0 Å². The molecule has 0 aliphatic heterocycles. The van der Waals surface area contributed by atoms with Gasteiger partial charge >= 0.3 is 5.97 Å². The molecule has 2 N–H and O–H groups in total. The van der Waals surface area contributed by atoms with Crippen molar-refractivity contribution in [2.75, 3.05) is 7.05 Å². The molecule has 5 nitrogen and oxygen atoms in total. The van der Waals surface area contributed by atoms with Crippen LogP contribution >= 0.6 is 0 Å². The van der Waals surface area contributed by atoms with Crippen molar-refractivity contribution in [2.24, 2.45) is 0 Å². The number of rotatable bonds is 4. The Bertz CT molecular complexity index is 470. The number of phenols is 1. The third-order valence-electron chi connectivity index (χ3n) is 2.92. The molecule has 0 fully saturated rings. The molecule has 0 bridgehead atoms. The van der Waals surface area contributed by atoms with Gasteiger partial charge in [0.1, 0.15) is 11.8 Å². The summed E-state index contributed by atoms with van der Waals surface area (Å²) in [5.41, 5.74) is 0.944. The van der Waals surface area contributed by atoms with Crippen molar-refractivity contribution in [1.29, 1.82) is 0 Å². The van der Waals surface area contributed by atoms with Crippen LogP contribution in [0.15, 0.2) is 18.2 Å². The maximum atomic E-state index is 12.1. The van der Waals surface area contributed by atoms with Crippen molar-refractivity contribution in [1.82, 2.24) is 4.90 Å². The number of aryl methyl sites for hydroxylation is 1. The van der Waals surface area contributed by atoms with E-state index in [-0.39, 0.29) is 11.3 Å². The lowest BCUT2D eigenvalue weighted by atomic mass is 10.1. The Hall–Kier alpha value is -2.04. The molecule has 0 aliphatic rings. The number of benzene rings is 1. The molecule has 0 aliphatic carbocycles. The standard InChI is InChI=1S/C13H17NO4/c1-4-10(13(17)18)14(3)12(16)9-6-5-8(2)11(15)7-9/h5-7,10,15H,4H2,1-3H3,(H,17,18). The number of aliphatic carboxylic acids is 1. The summed E-state index contributed by atoms with van der Waals surface area (Å²) in [4.78, 5) is 24.2. The van der Waals surface area contributed by atoms with Gasteiger partial charge < -0.3 is 15.1 Å². The highest BCUT2D eigenvalue weighted by Gasteiger charge is 2.25. The summed E-state index contributed by atoms with van der Waals surface area (Å²) in [7, 11) is 1.45. The van der Waals surface area contributed by atoms with Gasteiger partial charge in [-0.3, -0.25) is 4.79 Å². The van der Waals surface area contributed by atoms with Crippen LogP contribution in [0.3, 0.4) is 0 Å². The molecule has 0 radical (unpaired) electrons. The molecule has 0 spiro atoms. The first-order chi connectivity index (χ1) is 8.38. The van der Waals surface area contributed by atoms with Crippen molar-refractivity contribution in [3.05, 3.63) is 29.3 Å². The number of hydrogen-bond donors (Lipinski definition) is 2. The highest BCUT2D eigenvalue weighted by Crippen LogP contribution is 2.19. The van der Waals surface area contributed by atoms with Crippen molar-refractivity contribution >= 4 is 11.9 Å². The molecule has 5 heteroatoms. The van der Waals surface area contributed by atoms with Crippen LogP contribution in [0, 0.1) is 6.92 Å². The van der Waals surface area contributed by atoms with E-state index in [4.69, 9.17) is 5.11 Å². The van der Waals surface area contributed by atoms with Crippen LogP contribution < -0.4 is 0 Å². The average Bonchev–Trinajstić information content (AvgIpc) is 2.32. The molecule has 1 amide bonds. The Morgan fingerprint density at radius 3 is 2.44 bits per heavy atom. The summed E-state index contributed by atoms with van der Waals surface area (Å²) in [6.45, 7) is 3.43. The van der Waals surface area contributed by atoms with E-state index in [1.807, 2.05) is 0 Å². The van der Waals surface area contributed by atoms with Crippen molar-refractivity contribution < 1.29 is 19.8 Å². The van der Waals surface area contributed by atoms with Gasteiger partial charge in [0.25, 0.3) is 5.91 Å². The molecular formula is C13H17NO4. The average molecular weight is 251 g/mol. The lowest BCUT2D eigenvalue weighted by molar-refractivity contribution is -0.142. The Morgan fingerprint density at radius 1 is 1.39 bits per heavy atom. The summed E-state index contributed by atoms with van der Waals surface area (Å²) in [6.07, 6.45) is 0.329. The number of carbonyl (C=O) groups is 2. The van der Waals surface area contributed by atoms with Gasteiger partial charge in [-0.1, -0.05) is 13.0 Å². The minimum Gasteiger partial charge on any atom is -0.508 e. The maximum Gasteiger partial charge on any atom is 0.326 e. The number of carbonyl (C=O) groups excluding carboxylic acids is 1. The number of carboxylic acids is 1. The molecule has 0 saturated heterocycles. The molecule has 1 atom stereocenters. The fourth-order valence-electron chi connectivity index (χ4n) is 1.70. The zero-order chi connectivity index (χ0) is 13.9. The normalized spacial score (nSPS) is 11.9. The Morgan fingerprint density at radius 2 is 2.00 bits per heavy atom. The molecule has 18 heavy (non-hydrogen) atoms. The van der Waals surface area contributed by atoms with E-state index in [0.717, 1.165) is 0 Å². The van der Waals surface area contributed by atoms with Crippen LogP contribution in [0.2, 0.25) is 0 Å². The van der Waals surface area contributed by atoms with Crippen LogP contribution in [0.25, 0.3) is 0 Å². The first-order valence-corrected chi connectivity index (χ1v) is 5.68. The van der Waals surface area contributed by atoms with Crippen LogP contribution in [-0.2, 0) is 4.79 Å². The number of likely N-dealkylation sites (N-methyl/N-ethyl adjacent to an activating group) is 1. The second kappa shape index (κ2) is 5.53. The van der Waals surface area contributed by atoms with Gasteiger partial charge in [-0.15, -0.1) is 0 Å². The number of aromatic hydroxyl groups is 1. The summed E-state index contributed by atoms with van der Waals surface area (Å²) in [6, 6.07) is 3.68. The summed E-state index contributed by atoms with van der Waals surface area (Å²) in [5.74, 6) is -1.43. The molecule has 0 saturated carbocycles. The van der Waals surface area contributed by atoms with Crippen LogP contribution in [0.5, 0.6) is 5.75 Å². The van der Waals surface area contributed by atoms with Crippen molar-refractivity contribution in [3.63, 3.8) is 0 Å². The van der Waals surface area contributed by atoms with Crippen molar-refractivity contribution in [3.8, 4) is 5.75 Å². The third-order valence-corrected chi connectivity index (χ3v) is 2.92. The predicted molar refractivity (Wildman–Crippen MR) is 66.7 cm³/mol. The highest BCUT2D eigenvalue weighted by molar-refractivity contribution is 5.96.